The first-order valence-corrected chi connectivity index (χ1v) is 10.6. The van der Waals surface area contributed by atoms with Gasteiger partial charge < -0.3 is 0 Å². The number of halogens is 1. The molecule has 136 valence electrons. The van der Waals surface area contributed by atoms with Crippen LogP contribution in [0.4, 0.5) is 0 Å². The number of nitrogens with zero attached hydrogens (tertiary/aromatic N) is 1. The zero-order valence-electron chi connectivity index (χ0n) is 14.6. The van der Waals surface area contributed by atoms with Crippen molar-refractivity contribution in [2.75, 3.05) is 0 Å². The van der Waals surface area contributed by atoms with Gasteiger partial charge >= 0.3 is 0 Å². The van der Waals surface area contributed by atoms with Crippen LogP contribution in [0, 0.1) is 17.2 Å². The van der Waals surface area contributed by atoms with Gasteiger partial charge in [0.25, 0.3) is 0 Å². The lowest BCUT2D eigenvalue weighted by Crippen LogP contribution is -2.37. The van der Waals surface area contributed by atoms with E-state index in [1.54, 1.807) is 42.5 Å². The molecule has 1 saturated carbocycles. The van der Waals surface area contributed by atoms with Crippen molar-refractivity contribution in [1.29, 1.82) is 5.26 Å². The Kier molecular flexibility index (Phi) is 5.67. The fraction of sp³-hybridized carbons (Fsp3) is 0.350. The van der Waals surface area contributed by atoms with E-state index < -0.39 is 10.0 Å². The Hall–Kier alpha value is -1.87. The second-order valence-corrected chi connectivity index (χ2v) is 9.05. The quantitative estimate of drug-likeness (QED) is 0.822. The Labute approximate surface area is 159 Å². The first-order chi connectivity index (χ1) is 12.4. The van der Waals surface area contributed by atoms with Gasteiger partial charge in [-0.1, -0.05) is 36.7 Å². The van der Waals surface area contributed by atoms with Crippen molar-refractivity contribution in [1.82, 2.24) is 4.72 Å². The summed E-state index contributed by atoms with van der Waals surface area (Å²) in [5.74, 6) is 0.670. The number of rotatable bonds is 4. The first-order valence-electron chi connectivity index (χ1n) is 8.71. The molecule has 3 rings (SSSR count). The van der Waals surface area contributed by atoms with Crippen LogP contribution in [-0.2, 0) is 10.0 Å². The average molecular weight is 389 g/mol. The standard InChI is InChI=1S/C20H21ClN2O2S/c1-14-2-7-18(8-3-14)23-26(24,25)19-9-4-15(5-10-19)20-11-6-17(21)12-16(20)13-22/h4-6,9-12,14,18,23H,2-3,7-8H2,1H3. The van der Waals surface area contributed by atoms with Crippen molar-refractivity contribution in [3.63, 3.8) is 0 Å². The summed E-state index contributed by atoms with van der Waals surface area (Å²) in [6.07, 6.45) is 3.88. The zero-order valence-corrected chi connectivity index (χ0v) is 16.1. The Morgan fingerprint density at radius 2 is 1.73 bits per heavy atom. The molecule has 0 spiro atoms. The van der Waals surface area contributed by atoms with Gasteiger partial charge in [-0.25, -0.2) is 13.1 Å². The van der Waals surface area contributed by atoms with Gasteiger partial charge in [0.05, 0.1) is 16.5 Å². The molecule has 1 aliphatic rings. The molecule has 0 saturated heterocycles. The minimum absolute atomic E-state index is 0.0114. The van der Waals surface area contributed by atoms with Crippen LogP contribution in [0.25, 0.3) is 11.1 Å². The molecule has 0 atom stereocenters. The van der Waals surface area contributed by atoms with Crippen molar-refractivity contribution < 1.29 is 8.42 Å². The average Bonchev–Trinajstić information content (AvgIpc) is 2.63. The summed E-state index contributed by atoms with van der Waals surface area (Å²) in [5.41, 5.74) is 1.97. The van der Waals surface area contributed by atoms with E-state index in [1.807, 2.05) is 0 Å². The first kappa shape index (κ1) is 18.9. The number of hydrogen-bond acceptors (Lipinski definition) is 3. The highest BCUT2D eigenvalue weighted by atomic mass is 35.5. The lowest BCUT2D eigenvalue weighted by Gasteiger charge is -2.26. The van der Waals surface area contributed by atoms with Gasteiger partial charge in [-0.3, -0.25) is 0 Å². The molecule has 0 unspecified atom stereocenters. The number of nitrogens with one attached hydrogen (secondary N) is 1. The maximum absolute atomic E-state index is 12.6. The maximum Gasteiger partial charge on any atom is 0.240 e. The zero-order chi connectivity index (χ0) is 18.7. The topological polar surface area (TPSA) is 70.0 Å². The van der Waals surface area contributed by atoms with E-state index in [2.05, 4.69) is 17.7 Å². The highest BCUT2D eigenvalue weighted by molar-refractivity contribution is 7.89. The van der Waals surface area contributed by atoms with Gasteiger partial charge in [0.2, 0.25) is 10.0 Å². The van der Waals surface area contributed by atoms with Crippen LogP contribution in [-0.4, -0.2) is 14.5 Å². The summed E-state index contributed by atoms with van der Waals surface area (Å²) in [6.45, 7) is 2.20. The Morgan fingerprint density at radius 3 is 2.35 bits per heavy atom. The van der Waals surface area contributed by atoms with Crippen molar-refractivity contribution in [2.24, 2.45) is 5.92 Å². The molecule has 0 bridgehead atoms. The SMILES string of the molecule is CC1CCC(NS(=O)(=O)c2ccc(-c3ccc(Cl)cc3C#N)cc2)CC1. The molecule has 0 aliphatic heterocycles. The molecule has 2 aromatic rings. The number of hydrogen-bond donors (Lipinski definition) is 1. The lowest BCUT2D eigenvalue weighted by atomic mass is 9.88. The maximum atomic E-state index is 12.6. The van der Waals surface area contributed by atoms with Crippen LogP contribution in [0.2, 0.25) is 5.02 Å². The van der Waals surface area contributed by atoms with Gasteiger partial charge in [-0.2, -0.15) is 5.26 Å². The molecule has 1 N–H and O–H groups in total. The minimum atomic E-state index is -3.53. The summed E-state index contributed by atoms with van der Waals surface area (Å²) in [4.78, 5) is 0.243. The van der Waals surface area contributed by atoms with Gasteiger partial charge in [0.1, 0.15) is 0 Å². The molecule has 0 amide bonds. The molecular formula is C20H21ClN2O2S. The molecule has 0 radical (unpaired) electrons. The fourth-order valence-electron chi connectivity index (χ4n) is 3.34. The van der Waals surface area contributed by atoms with E-state index in [0.717, 1.165) is 36.8 Å². The molecule has 26 heavy (non-hydrogen) atoms. The third-order valence-corrected chi connectivity index (χ3v) is 6.69. The summed E-state index contributed by atoms with van der Waals surface area (Å²) < 4.78 is 28.1. The predicted molar refractivity (Wildman–Crippen MR) is 103 cm³/mol. The monoisotopic (exact) mass is 388 g/mol. The lowest BCUT2D eigenvalue weighted by molar-refractivity contribution is 0.332. The van der Waals surface area contributed by atoms with Crippen LogP contribution in [0.15, 0.2) is 47.4 Å². The van der Waals surface area contributed by atoms with Crippen molar-refractivity contribution in [2.45, 2.75) is 43.5 Å². The van der Waals surface area contributed by atoms with Crippen LogP contribution in [0.3, 0.4) is 0 Å². The molecule has 0 heterocycles. The van der Waals surface area contributed by atoms with Crippen molar-refractivity contribution in [3.8, 4) is 17.2 Å². The number of nitriles is 1. The van der Waals surface area contributed by atoms with E-state index in [9.17, 15) is 13.7 Å². The molecular weight excluding hydrogens is 368 g/mol. The van der Waals surface area contributed by atoms with Crippen LogP contribution < -0.4 is 4.72 Å². The van der Waals surface area contributed by atoms with E-state index in [0.29, 0.717) is 16.5 Å². The minimum Gasteiger partial charge on any atom is -0.208 e. The summed E-state index contributed by atoms with van der Waals surface area (Å²) in [5, 5.41) is 9.77. The molecule has 0 aromatic heterocycles. The highest BCUT2D eigenvalue weighted by Crippen LogP contribution is 2.28. The second-order valence-electron chi connectivity index (χ2n) is 6.90. The Bertz CT molecular complexity index is 925. The van der Waals surface area contributed by atoms with E-state index in [1.165, 1.54) is 0 Å². The largest absolute Gasteiger partial charge is 0.240 e. The van der Waals surface area contributed by atoms with Gasteiger partial charge in [0, 0.05) is 11.1 Å². The Morgan fingerprint density at radius 1 is 1.08 bits per heavy atom. The Balaban J connectivity index is 1.80. The molecule has 6 heteroatoms. The normalized spacial score (nSPS) is 20.5. The molecule has 4 nitrogen and oxygen atoms in total. The number of benzene rings is 2. The van der Waals surface area contributed by atoms with E-state index in [-0.39, 0.29) is 10.9 Å². The molecule has 1 aliphatic carbocycles. The van der Waals surface area contributed by atoms with Crippen LogP contribution >= 0.6 is 11.6 Å². The predicted octanol–water partition coefficient (Wildman–Crippen LogP) is 4.74. The van der Waals surface area contributed by atoms with Gasteiger partial charge in [-0.05, 0) is 67.0 Å². The smallest absolute Gasteiger partial charge is 0.208 e. The second kappa shape index (κ2) is 7.79. The van der Waals surface area contributed by atoms with E-state index >= 15 is 0 Å². The van der Waals surface area contributed by atoms with Crippen molar-refractivity contribution in [3.05, 3.63) is 53.1 Å². The summed E-state index contributed by atoms with van der Waals surface area (Å²) in [7, 11) is -3.53. The fourth-order valence-corrected chi connectivity index (χ4v) is 4.82. The molecule has 1 fully saturated rings. The van der Waals surface area contributed by atoms with Gasteiger partial charge in [0.15, 0.2) is 0 Å². The third-order valence-electron chi connectivity index (χ3n) is 4.92. The highest BCUT2D eigenvalue weighted by Gasteiger charge is 2.24. The van der Waals surface area contributed by atoms with Crippen molar-refractivity contribution >= 4 is 21.6 Å². The molecule has 2 aromatic carbocycles. The van der Waals surface area contributed by atoms with Gasteiger partial charge in [-0.15, -0.1) is 0 Å². The van der Waals surface area contributed by atoms with E-state index in [4.69, 9.17) is 11.6 Å². The summed E-state index contributed by atoms with van der Waals surface area (Å²) in [6, 6.07) is 13.8. The number of sulfonamides is 1. The summed E-state index contributed by atoms with van der Waals surface area (Å²) >= 11 is 5.93. The van der Waals surface area contributed by atoms with Crippen LogP contribution in [0.1, 0.15) is 38.2 Å². The third kappa shape index (κ3) is 4.27. The van der Waals surface area contributed by atoms with Crippen LogP contribution in [0.5, 0.6) is 0 Å².